The largest absolute Gasteiger partial charge is 0.466 e. The van der Waals surface area contributed by atoms with Crippen molar-refractivity contribution in [1.29, 1.82) is 0 Å². The van der Waals surface area contributed by atoms with Crippen molar-refractivity contribution < 1.29 is 18.7 Å². The van der Waals surface area contributed by atoms with Crippen molar-refractivity contribution in [2.45, 2.75) is 38.8 Å². The highest BCUT2D eigenvalue weighted by molar-refractivity contribution is 5.95. The zero-order chi connectivity index (χ0) is 17.1. The van der Waals surface area contributed by atoms with Gasteiger partial charge in [-0.3, -0.25) is 9.59 Å². The number of likely N-dealkylation sites (tertiary alicyclic amines) is 1. The molecule has 0 radical (unpaired) electrons. The van der Waals surface area contributed by atoms with Gasteiger partial charge in [0.15, 0.2) is 0 Å². The number of hydrogen-bond acceptors (Lipinski definition) is 5. The summed E-state index contributed by atoms with van der Waals surface area (Å²) in [7, 11) is 0. The lowest BCUT2D eigenvalue weighted by Gasteiger charge is -2.35. The molecule has 2 saturated heterocycles. The maximum atomic E-state index is 12.4. The molecule has 8 heteroatoms. The Morgan fingerprint density at radius 3 is 2.56 bits per heavy atom. The van der Waals surface area contributed by atoms with Gasteiger partial charge in [-0.1, -0.05) is 0 Å². The monoisotopic (exact) mass is 371 g/mol. The summed E-state index contributed by atoms with van der Waals surface area (Å²) in [4.78, 5) is 26.6. The van der Waals surface area contributed by atoms with Crippen molar-refractivity contribution in [3.05, 3.63) is 23.2 Å². The molecule has 140 valence electrons. The third kappa shape index (κ3) is 4.74. The number of aryl methyl sites for hydroxylation is 2. The van der Waals surface area contributed by atoms with Gasteiger partial charge in [-0.05, 0) is 32.8 Å². The standard InChI is InChI=1S/C17H25N3O4.ClH/c1-11-9-14(12(2)24-11)16(21)19-13-3-6-20(7-4-13)17(22)15-10-18-5-8-23-15;/h9,13,15,18H,3-8,10H2,1-2H3,(H,19,21);1H. The Labute approximate surface area is 153 Å². The van der Waals surface area contributed by atoms with Crippen LogP contribution in [0.4, 0.5) is 0 Å². The molecule has 2 aliphatic rings. The molecule has 0 saturated carbocycles. The summed E-state index contributed by atoms with van der Waals surface area (Å²) in [5.41, 5.74) is 0.590. The van der Waals surface area contributed by atoms with E-state index < -0.39 is 0 Å². The summed E-state index contributed by atoms with van der Waals surface area (Å²) < 4.78 is 10.9. The van der Waals surface area contributed by atoms with E-state index in [1.54, 1.807) is 13.0 Å². The van der Waals surface area contributed by atoms with Crippen LogP contribution in [0, 0.1) is 13.8 Å². The van der Waals surface area contributed by atoms with Gasteiger partial charge in [0.2, 0.25) is 0 Å². The second-order valence-corrected chi connectivity index (χ2v) is 6.46. The van der Waals surface area contributed by atoms with Crippen molar-refractivity contribution in [3.63, 3.8) is 0 Å². The Balaban J connectivity index is 0.00000225. The van der Waals surface area contributed by atoms with Crippen molar-refractivity contribution in [3.8, 4) is 0 Å². The fraction of sp³-hybridized carbons (Fsp3) is 0.647. The molecular weight excluding hydrogens is 346 g/mol. The number of hydrogen-bond donors (Lipinski definition) is 2. The van der Waals surface area contributed by atoms with Gasteiger partial charge >= 0.3 is 0 Å². The second kappa shape index (κ2) is 8.69. The van der Waals surface area contributed by atoms with E-state index in [0.717, 1.165) is 25.1 Å². The number of carbonyl (C=O) groups is 2. The molecule has 2 N–H and O–H groups in total. The van der Waals surface area contributed by atoms with Crippen molar-refractivity contribution in [1.82, 2.24) is 15.5 Å². The number of morpholine rings is 1. The summed E-state index contributed by atoms with van der Waals surface area (Å²) in [6, 6.07) is 1.85. The number of piperidine rings is 1. The number of amides is 2. The minimum atomic E-state index is -0.374. The van der Waals surface area contributed by atoms with E-state index in [9.17, 15) is 9.59 Å². The minimum absolute atomic E-state index is 0. The average molecular weight is 372 g/mol. The van der Waals surface area contributed by atoms with Crippen LogP contribution in [0.15, 0.2) is 10.5 Å². The number of furan rings is 1. The number of carbonyl (C=O) groups excluding carboxylic acids is 2. The molecule has 1 aromatic rings. The zero-order valence-electron chi connectivity index (χ0n) is 14.7. The molecule has 2 fully saturated rings. The molecule has 2 amide bonds. The lowest BCUT2D eigenvalue weighted by atomic mass is 10.0. The summed E-state index contributed by atoms with van der Waals surface area (Å²) in [6.45, 7) is 6.86. The van der Waals surface area contributed by atoms with E-state index in [1.807, 2.05) is 11.8 Å². The molecule has 25 heavy (non-hydrogen) atoms. The van der Waals surface area contributed by atoms with E-state index in [2.05, 4.69) is 10.6 Å². The summed E-state index contributed by atoms with van der Waals surface area (Å²) in [6.07, 6.45) is 1.14. The Hall–Kier alpha value is -1.57. The van der Waals surface area contributed by atoms with E-state index in [0.29, 0.717) is 37.6 Å². The van der Waals surface area contributed by atoms with Gasteiger partial charge in [-0.2, -0.15) is 0 Å². The maximum Gasteiger partial charge on any atom is 0.255 e. The first kappa shape index (κ1) is 19.8. The van der Waals surface area contributed by atoms with Gasteiger partial charge in [0.1, 0.15) is 17.6 Å². The van der Waals surface area contributed by atoms with Crippen LogP contribution in [-0.4, -0.2) is 61.6 Å². The van der Waals surface area contributed by atoms with Gasteiger partial charge in [-0.15, -0.1) is 12.4 Å². The van der Waals surface area contributed by atoms with Crippen molar-refractivity contribution in [2.75, 3.05) is 32.8 Å². The van der Waals surface area contributed by atoms with Gasteiger partial charge < -0.3 is 24.7 Å². The predicted octanol–water partition coefficient (Wildman–Crippen LogP) is 1.03. The molecule has 1 atom stereocenters. The molecule has 1 aromatic heterocycles. The van der Waals surface area contributed by atoms with Crippen LogP contribution in [0.3, 0.4) is 0 Å². The summed E-state index contributed by atoms with van der Waals surface area (Å²) >= 11 is 0. The summed E-state index contributed by atoms with van der Waals surface area (Å²) in [5, 5.41) is 6.22. The average Bonchev–Trinajstić information content (AvgIpc) is 2.94. The van der Waals surface area contributed by atoms with Crippen LogP contribution in [0.5, 0.6) is 0 Å². The van der Waals surface area contributed by atoms with Crippen LogP contribution in [-0.2, 0) is 9.53 Å². The molecule has 0 spiro atoms. The number of nitrogens with one attached hydrogen (secondary N) is 2. The van der Waals surface area contributed by atoms with Crippen LogP contribution in [0.2, 0.25) is 0 Å². The Kier molecular flexibility index (Phi) is 6.87. The number of ether oxygens (including phenoxy) is 1. The topological polar surface area (TPSA) is 83.8 Å². The fourth-order valence-corrected chi connectivity index (χ4v) is 3.29. The number of nitrogens with zero attached hydrogens (tertiary/aromatic N) is 1. The molecule has 1 unspecified atom stereocenters. The molecule has 3 heterocycles. The first-order valence-electron chi connectivity index (χ1n) is 8.53. The molecule has 7 nitrogen and oxygen atoms in total. The van der Waals surface area contributed by atoms with Crippen LogP contribution >= 0.6 is 12.4 Å². The van der Waals surface area contributed by atoms with Crippen molar-refractivity contribution in [2.24, 2.45) is 0 Å². The molecular formula is C17H26ClN3O4. The van der Waals surface area contributed by atoms with E-state index >= 15 is 0 Å². The molecule has 3 rings (SSSR count). The molecule has 2 aliphatic heterocycles. The Bertz CT molecular complexity index is 605. The van der Waals surface area contributed by atoms with Crippen LogP contribution in [0.1, 0.15) is 34.7 Å². The highest BCUT2D eigenvalue weighted by Gasteiger charge is 2.30. The lowest BCUT2D eigenvalue weighted by molar-refractivity contribution is -0.146. The molecule has 0 aliphatic carbocycles. The van der Waals surface area contributed by atoms with E-state index in [-0.39, 0.29) is 36.4 Å². The highest BCUT2D eigenvalue weighted by atomic mass is 35.5. The first-order valence-corrected chi connectivity index (χ1v) is 8.53. The smallest absolute Gasteiger partial charge is 0.255 e. The second-order valence-electron chi connectivity index (χ2n) is 6.46. The first-order chi connectivity index (χ1) is 11.5. The third-order valence-corrected chi connectivity index (χ3v) is 4.63. The van der Waals surface area contributed by atoms with E-state index in [1.165, 1.54) is 0 Å². The quantitative estimate of drug-likeness (QED) is 0.829. The normalized spacial score (nSPS) is 21.5. The van der Waals surface area contributed by atoms with Crippen molar-refractivity contribution >= 4 is 24.2 Å². The highest BCUT2D eigenvalue weighted by Crippen LogP contribution is 2.17. The Morgan fingerprint density at radius 2 is 2.00 bits per heavy atom. The minimum Gasteiger partial charge on any atom is -0.466 e. The zero-order valence-corrected chi connectivity index (χ0v) is 15.5. The predicted molar refractivity (Wildman–Crippen MR) is 95.1 cm³/mol. The maximum absolute atomic E-state index is 12.4. The van der Waals surface area contributed by atoms with Crippen LogP contribution in [0.25, 0.3) is 0 Å². The van der Waals surface area contributed by atoms with Gasteiger partial charge in [-0.25, -0.2) is 0 Å². The van der Waals surface area contributed by atoms with Crippen LogP contribution < -0.4 is 10.6 Å². The fourth-order valence-electron chi connectivity index (χ4n) is 3.29. The van der Waals surface area contributed by atoms with Gasteiger partial charge in [0.25, 0.3) is 11.8 Å². The van der Waals surface area contributed by atoms with E-state index in [4.69, 9.17) is 9.15 Å². The van der Waals surface area contributed by atoms with Gasteiger partial charge in [0.05, 0.1) is 12.2 Å². The Morgan fingerprint density at radius 1 is 1.28 bits per heavy atom. The number of halogens is 1. The lowest BCUT2D eigenvalue weighted by Crippen LogP contribution is -2.53. The molecule has 0 aromatic carbocycles. The third-order valence-electron chi connectivity index (χ3n) is 4.63. The number of rotatable bonds is 3. The van der Waals surface area contributed by atoms with Gasteiger partial charge in [0, 0.05) is 32.2 Å². The SMILES string of the molecule is Cc1cc(C(=O)NC2CCN(C(=O)C3CNCCO3)CC2)c(C)o1.Cl. The summed E-state index contributed by atoms with van der Waals surface area (Å²) in [5.74, 6) is 1.32. The molecule has 0 bridgehead atoms.